The molecule has 2 nitrogen and oxygen atoms in total. The molecule has 0 aromatic heterocycles. The molecule has 0 aliphatic carbocycles. The summed E-state index contributed by atoms with van der Waals surface area (Å²) in [5.74, 6) is 0. The minimum atomic E-state index is -0.227. The van der Waals surface area contributed by atoms with E-state index in [1.807, 2.05) is 6.92 Å². The second kappa shape index (κ2) is 3.41. The van der Waals surface area contributed by atoms with Crippen molar-refractivity contribution in [2.45, 2.75) is 26.3 Å². The first kappa shape index (κ1) is 8.37. The monoisotopic (exact) mass is 126 g/mol. The third-order valence-corrected chi connectivity index (χ3v) is 1.36. The normalized spacial score (nSPS) is 12.8. The highest BCUT2D eigenvalue weighted by Gasteiger charge is 2.05. The highest BCUT2D eigenvalue weighted by molar-refractivity contribution is 5.86. The van der Waals surface area contributed by atoms with Crippen LogP contribution in [0.4, 0.5) is 0 Å². The van der Waals surface area contributed by atoms with Crippen LogP contribution >= 0.6 is 0 Å². The molecule has 0 amide bonds. The number of hydrogen-bond donors (Lipinski definition) is 2. The van der Waals surface area contributed by atoms with Crippen molar-refractivity contribution in [1.29, 1.82) is 5.41 Å². The second-order valence-electron chi connectivity index (χ2n) is 2.17. The van der Waals surface area contributed by atoms with Gasteiger partial charge in [0.25, 0.3) is 0 Å². The molecule has 3 N–H and O–H groups in total. The topological polar surface area (TPSA) is 49.9 Å². The lowest BCUT2D eigenvalue weighted by atomic mass is 10.0. The van der Waals surface area contributed by atoms with E-state index < -0.39 is 0 Å². The van der Waals surface area contributed by atoms with E-state index in [9.17, 15) is 0 Å². The van der Waals surface area contributed by atoms with Gasteiger partial charge in [0.1, 0.15) is 0 Å². The largest absolute Gasteiger partial charge is 0.320 e. The standard InChI is InChI=1S/C7H14N2/c1-4-5(2)7(9)6(3)8/h7-8H,2,4,9H2,1,3H3/t7-/m0/s1. The molecule has 0 aliphatic rings. The molecule has 0 rings (SSSR count). The van der Waals surface area contributed by atoms with E-state index in [0.29, 0.717) is 5.71 Å². The first-order valence-corrected chi connectivity index (χ1v) is 3.07. The fourth-order valence-corrected chi connectivity index (χ4v) is 0.526. The van der Waals surface area contributed by atoms with Crippen LogP contribution in [-0.4, -0.2) is 11.8 Å². The number of rotatable bonds is 3. The van der Waals surface area contributed by atoms with Gasteiger partial charge < -0.3 is 11.1 Å². The van der Waals surface area contributed by atoms with Crippen LogP contribution in [0.3, 0.4) is 0 Å². The summed E-state index contributed by atoms with van der Waals surface area (Å²) in [5, 5.41) is 7.15. The van der Waals surface area contributed by atoms with Crippen LogP contribution < -0.4 is 5.73 Å². The van der Waals surface area contributed by atoms with Crippen molar-refractivity contribution in [2.24, 2.45) is 5.73 Å². The predicted octanol–water partition coefficient (Wildman–Crippen LogP) is 1.32. The zero-order valence-electron chi connectivity index (χ0n) is 6.07. The van der Waals surface area contributed by atoms with Crippen molar-refractivity contribution in [3.63, 3.8) is 0 Å². The van der Waals surface area contributed by atoms with Crippen molar-refractivity contribution in [1.82, 2.24) is 0 Å². The molecule has 0 fully saturated rings. The molecule has 0 unspecified atom stereocenters. The van der Waals surface area contributed by atoms with Crippen LogP contribution in [0, 0.1) is 5.41 Å². The maximum Gasteiger partial charge on any atom is 0.0633 e. The van der Waals surface area contributed by atoms with Crippen LogP contribution in [0.25, 0.3) is 0 Å². The summed E-state index contributed by atoms with van der Waals surface area (Å²) in [5.41, 5.74) is 6.97. The fraction of sp³-hybridized carbons (Fsp3) is 0.571. The minimum absolute atomic E-state index is 0.227. The van der Waals surface area contributed by atoms with Crippen molar-refractivity contribution in [3.8, 4) is 0 Å². The van der Waals surface area contributed by atoms with Gasteiger partial charge in [-0.15, -0.1) is 0 Å². The summed E-state index contributed by atoms with van der Waals surface area (Å²) in [6.07, 6.45) is 0.859. The van der Waals surface area contributed by atoms with Crippen molar-refractivity contribution in [2.75, 3.05) is 0 Å². The zero-order valence-corrected chi connectivity index (χ0v) is 6.07. The van der Waals surface area contributed by atoms with Gasteiger partial charge in [0, 0.05) is 5.71 Å². The van der Waals surface area contributed by atoms with E-state index in [1.54, 1.807) is 6.92 Å². The molecule has 0 spiro atoms. The summed E-state index contributed by atoms with van der Waals surface area (Å²) >= 11 is 0. The minimum Gasteiger partial charge on any atom is -0.320 e. The molecule has 9 heavy (non-hydrogen) atoms. The van der Waals surface area contributed by atoms with Crippen LogP contribution in [0.5, 0.6) is 0 Å². The van der Waals surface area contributed by atoms with Gasteiger partial charge >= 0.3 is 0 Å². The number of nitrogens with two attached hydrogens (primary N) is 1. The molecule has 0 aliphatic heterocycles. The third-order valence-electron chi connectivity index (χ3n) is 1.36. The summed E-state index contributed by atoms with van der Waals surface area (Å²) in [6.45, 7) is 7.42. The summed E-state index contributed by atoms with van der Waals surface area (Å²) in [7, 11) is 0. The Hall–Kier alpha value is -0.630. The van der Waals surface area contributed by atoms with Gasteiger partial charge in [0.05, 0.1) is 6.04 Å². The highest BCUT2D eigenvalue weighted by atomic mass is 14.7. The average molecular weight is 126 g/mol. The van der Waals surface area contributed by atoms with E-state index in [4.69, 9.17) is 11.1 Å². The first-order chi connectivity index (χ1) is 4.09. The van der Waals surface area contributed by atoms with Gasteiger partial charge in [0.2, 0.25) is 0 Å². The van der Waals surface area contributed by atoms with Crippen LogP contribution in [-0.2, 0) is 0 Å². The summed E-state index contributed by atoms with van der Waals surface area (Å²) in [4.78, 5) is 0. The Bertz CT molecular complexity index is 127. The van der Waals surface area contributed by atoms with E-state index >= 15 is 0 Å². The van der Waals surface area contributed by atoms with Crippen molar-refractivity contribution >= 4 is 5.71 Å². The van der Waals surface area contributed by atoms with Gasteiger partial charge in [-0.05, 0) is 13.3 Å². The number of hydrogen-bond acceptors (Lipinski definition) is 2. The SMILES string of the molecule is C=C(CC)[C@H](N)C(C)=N. The predicted molar refractivity (Wildman–Crippen MR) is 40.8 cm³/mol. The lowest BCUT2D eigenvalue weighted by Gasteiger charge is -2.10. The van der Waals surface area contributed by atoms with E-state index in [1.165, 1.54) is 0 Å². The lowest BCUT2D eigenvalue weighted by Crippen LogP contribution is -2.29. The molecule has 0 aromatic rings. The molecule has 1 atom stereocenters. The Balaban J connectivity index is 3.88. The number of nitrogens with one attached hydrogen (secondary N) is 1. The fourth-order valence-electron chi connectivity index (χ4n) is 0.526. The van der Waals surface area contributed by atoms with E-state index in [0.717, 1.165) is 12.0 Å². The maximum atomic E-state index is 7.15. The molecule has 0 aromatic carbocycles. The van der Waals surface area contributed by atoms with Crippen LogP contribution in [0.1, 0.15) is 20.3 Å². The molecule has 0 saturated heterocycles. The molecule has 0 heterocycles. The Labute approximate surface area is 56.3 Å². The summed E-state index contributed by atoms with van der Waals surface area (Å²) < 4.78 is 0. The summed E-state index contributed by atoms with van der Waals surface area (Å²) in [6, 6.07) is -0.227. The molecule has 2 heteroatoms. The molecular weight excluding hydrogens is 112 g/mol. The maximum absolute atomic E-state index is 7.15. The lowest BCUT2D eigenvalue weighted by molar-refractivity contribution is 0.913. The first-order valence-electron chi connectivity index (χ1n) is 3.07. The molecular formula is C7H14N2. The van der Waals surface area contributed by atoms with Gasteiger partial charge in [-0.2, -0.15) is 0 Å². The van der Waals surface area contributed by atoms with Gasteiger partial charge in [0.15, 0.2) is 0 Å². The molecule has 0 saturated carbocycles. The van der Waals surface area contributed by atoms with Gasteiger partial charge in [-0.25, -0.2) is 0 Å². The van der Waals surface area contributed by atoms with E-state index in [-0.39, 0.29) is 6.04 Å². The molecule has 52 valence electrons. The Kier molecular flexibility index (Phi) is 3.17. The smallest absolute Gasteiger partial charge is 0.0633 e. The van der Waals surface area contributed by atoms with Crippen LogP contribution in [0.2, 0.25) is 0 Å². The Morgan fingerprint density at radius 1 is 1.78 bits per heavy atom. The van der Waals surface area contributed by atoms with Crippen molar-refractivity contribution < 1.29 is 0 Å². The van der Waals surface area contributed by atoms with Crippen LogP contribution in [0.15, 0.2) is 12.2 Å². The quantitative estimate of drug-likeness (QED) is 0.435. The third kappa shape index (κ3) is 2.42. The average Bonchev–Trinajstić information content (AvgIpc) is 1.84. The Morgan fingerprint density at radius 3 is 2.33 bits per heavy atom. The Morgan fingerprint density at radius 2 is 2.22 bits per heavy atom. The molecule has 0 bridgehead atoms. The molecule has 0 radical (unpaired) electrons. The second-order valence-corrected chi connectivity index (χ2v) is 2.17. The zero-order chi connectivity index (χ0) is 7.44. The van der Waals surface area contributed by atoms with Gasteiger partial charge in [-0.1, -0.05) is 19.1 Å². The van der Waals surface area contributed by atoms with Gasteiger partial charge in [-0.3, -0.25) is 0 Å². The van der Waals surface area contributed by atoms with E-state index in [2.05, 4.69) is 6.58 Å². The van der Waals surface area contributed by atoms with Crippen molar-refractivity contribution in [3.05, 3.63) is 12.2 Å². The highest BCUT2D eigenvalue weighted by Crippen LogP contribution is 2.01.